The molecule has 38 heavy (non-hydrogen) atoms. The maximum atomic E-state index is 12.7. The average Bonchev–Trinajstić information content (AvgIpc) is 3.53. The molecule has 190 valence electrons. The van der Waals surface area contributed by atoms with Gasteiger partial charge >= 0.3 is 0 Å². The van der Waals surface area contributed by atoms with Crippen molar-refractivity contribution in [3.8, 4) is 22.4 Å². The van der Waals surface area contributed by atoms with Gasteiger partial charge in [0.2, 0.25) is 0 Å². The Balaban J connectivity index is 1.48. The number of benzene rings is 2. The second-order valence-corrected chi connectivity index (χ2v) is 9.63. The number of nitrogens with one attached hydrogen (secondary N) is 3. The van der Waals surface area contributed by atoms with Gasteiger partial charge in [0.25, 0.3) is 11.8 Å². The Kier molecular flexibility index (Phi) is 5.45. The third-order valence-electron chi connectivity index (χ3n) is 6.78. The van der Waals surface area contributed by atoms with Crippen molar-refractivity contribution in [3.05, 3.63) is 66.6 Å². The molecule has 1 aliphatic rings. The van der Waals surface area contributed by atoms with Gasteiger partial charge < -0.3 is 20.9 Å². The number of aromatic nitrogens is 5. The number of nitrogen functional groups attached to an aromatic ring is 1. The van der Waals surface area contributed by atoms with Crippen LogP contribution in [0, 0.1) is 0 Å². The minimum absolute atomic E-state index is 0.172. The Morgan fingerprint density at radius 1 is 1.11 bits per heavy atom. The fraction of sp³-hybridized carbons (Fsp3) is 0.179. The molecule has 10 heteroatoms. The highest BCUT2D eigenvalue weighted by Gasteiger charge is 2.26. The summed E-state index contributed by atoms with van der Waals surface area (Å²) in [7, 11) is 1.93. The van der Waals surface area contributed by atoms with E-state index < -0.39 is 0 Å². The van der Waals surface area contributed by atoms with Crippen molar-refractivity contribution in [2.45, 2.75) is 25.8 Å². The van der Waals surface area contributed by atoms with E-state index in [-0.39, 0.29) is 17.9 Å². The molecular formula is C28H26N8O2. The first-order valence-electron chi connectivity index (χ1n) is 12.3. The topological polar surface area (TPSA) is 144 Å². The molecule has 0 saturated heterocycles. The smallest absolute Gasteiger partial charge is 0.272 e. The van der Waals surface area contributed by atoms with E-state index in [4.69, 9.17) is 5.73 Å². The first-order chi connectivity index (χ1) is 18.3. The largest absolute Gasteiger partial charge is 0.383 e. The molecular weight excluding hydrogens is 480 g/mol. The SMILES string of the molecule is C=C(C)C(=O)Nc1ccc(-c2c(-c3ccc4c(C(=O)NC5CC5)n[nH]c4c3)c3c(N)ncnc3n2C)cc1. The van der Waals surface area contributed by atoms with Crippen LogP contribution in [0.1, 0.15) is 30.3 Å². The molecule has 0 radical (unpaired) electrons. The summed E-state index contributed by atoms with van der Waals surface area (Å²) >= 11 is 0. The van der Waals surface area contributed by atoms with Crippen LogP contribution in [0.25, 0.3) is 44.3 Å². The van der Waals surface area contributed by atoms with E-state index in [0.717, 1.165) is 51.5 Å². The van der Waals surface area contributed by atoms with Crippen LogP contribution in [-0.4, -0.2) is 42.6 Å². The molecule has 5 aromatic rings. The number of aromatic amines is 1. The molecule has 1 fully saturated rings. The number of nitrogens with zero attached hydrogens (tertiary/aromatic N) is 4. The van der Waals surface area contributed by atoms with E-state index >= 15 is 0 Å². The number of hydrogen-bond donors (Lipinski definition) is 4. The Bertz CT molecular complexity index is 1760. The van der Waals surface area contributed by atoms with Crippen molar-refractivity contribution in [1.82, 2.24) is 30.0 Å². The minimum atomic E-state index is -0.232. The van der Waals surface area contributed by atoms with Gasteiger partial charge in [0.05, 0.1) is 16.6 Å². The number of rotatable bonds is 6. The first-order valence-corrected chi connectivity index (χ1v) is 12.3. The van der Waals surface area contributed by atoms with Crippen LogP contribution in [0.4, 0.5) is 11.5 Å². The van der Waals surface area contributed by atoms with Gasteiger partial charge in [-0.2, -0.15) is 5.10 Å². The lowest BCUT2D eigenvalue weighted by atomic mass is 9.97. The molecule has 2 aromatic carbocycles. The monoisotopic (exact) mass is 506 g/mol. The number of carbonyl (C=O) groups excluding carboxylic acids is 2. The third-order valence-corrected chi connectivity index (χ3v) is 6.78. The number of H-pyrrole nitrogens is 1. The lowest BCUT2D eigenvalue weighted by Gasteiger charge is -2.11. The quantitative estimate of drug-likeness (QED) is 0.255. The summed E-state index contributed by atoms with van der Waals surface area (Å²) in [5, 5.41) is 14.6. The van der Waals surface area contributed by atoms with Crippen molar-refractivity contribution < 1.29 is 9.59 Å². The number of amides is 2. The summed E-state index contributed by atoms with van der Waals surface area (Å²) in [6.45, 7) is 5.35. The molecule has 0 aliphatic heterocycles. The second-order valence-electron chi connectivity index (χ2n) is 9.63. The van der Waals surface area contributed by atoms with Crippen molar-refractivity contribution in [1.29, 1.82) is 0 Å². The Morgan fingerprint density at radius 3 is 2.55 bits per heavy atom. The van der Waals surface area contributed by atoms with E-state index in [2.05, 4.69) is 37.4 Å². The molecule has 0 spiro atoms. The van der Waals surface area contributed by atoms with Gasteiger partial charge in [0, 0.05) is 35.3 Å². The molecule has 5 N–H and O–H groups in total. The zero-order valence-electron chi connectivity index (χ0n) is 21.0. The molecule has 3 heterocycles. The predicted molar refractivity (Wildman–Crippen MR) is 147 cm³/mol. The van der Waals surface area contributed by atoms with Crippen molar-refractivity contribution in [3.63, 3.8) is 0 Å². The van der Waals surface area contributed by atoms with Crippen LogP contribution < -0.4 is 16.4 Å². The molecule has 1 saturated carbocycles. The summed E-state index contributed by atoms with van der Waals surface area (Å²) in [6.07, 6.45) is 3.46. The summed E-state index contributed by atoms with van der Waals surface area (Å²) in [5.41, 5.74) is 12.8. The zero-order valence-corrected chi connectivity index (χ0v) is 21.0. The fourth-order valence-corrected chi connectivity index (χ4v) is 4.67. The molecule has 0 atom stereocenters. The van der Waals surface area contributed by atoms with E-state index in [1.165, 1.54) is 6.33 Å². The van der Waals surface area contributed by atoms with Crippen molar-refractivity contribution in [2.24, 2.45) is 7.05 Å². The van der Waals surface area contributed by atoms with Gasteiger partial charge in [-0.1, -0.05) is 24.8 Å². The first kappa shape index (κ1) is 23.4. The Morgan fingerprint density at radius 2 is 1.84 bits per heavy atom. The van der Waals surface area contributed by atoms with Crippen LogP contribution in [0.3, 0.4) is 0 Å². The Hall–Kier alpha value is -4.99. The van der Waals surface area contributed by atoms with Crippen molar-refractivity contribution >= 4 is 45.3 Å². The summed E-state index contributed by atoms with van der Waals surface area (Å²) in [5.74, 6) is -0.0376. The van der Waals surface area contributed by atoms with Gasteiger partial charge in [-0.15, -0.1) is 0 Å². The van der Waals surface area contributed by atoms with Crippen LogP contribution in [0.2, 0.25) is 0 Å². The molecule has 1 aliphatic carbocycles. The average molecular weight is 507 g/mol. The van der Waals surface area contributed by atoms with Crippen LogP contribution in [0.5, 0.6) is 0 Å². The van der Waals surface area contributed by atoms with Crippen molar-refractivity contribution in [2.75, 3.05) is 11.1 Å². The number of anilines is 2. The number of aryl methyl sites for hydroxylation is 1. The number of hydrogen-bond acceptors (Lipinski definition) is 6. The Labute approximate surface area is 218 Å². The third kappa shape index (κ3) is 3.96. The van der Waals surface area contributed by atoms with E-state index in [1.807, 2.05) is 54.1 Å². The molecule has 3 aromatic heterocycles. The highest BCUT2D eigenvalue weighted by atomic mass is 16.2. The predicted octanol–water partition coefficient (Wildman–Crippen LogP) is 4.17. The van der Waals surface area contributed by atoms with Gasteiger partial charge in [0.1, 0.15) is 17.8 Å². The van der Waals surface area contributed by atoms with Crippen LogP contribution in [0.15, 0.2) is 60.9 Å². The number of fused-ring (bicyclic) bond motifs is 2. The minimum Gasteiger partial charge on any atom is -0.383 e. The lowest BCUT2D eigenvalue weighted by molar-refractivity contribution is -0.112. The van der Waals surface area contributed by atoms with Gasteiger partial charge in [-0.25, -0.2) is 9.97 Å². The number of nitrogens with two attached hydrogens (primary N) is 1. The highest BCUT2D eigenvalue weighted by molar-refractivity contribution is 6.10. The second kappa shape index (κ2) is 8.84. The normalized spacial score (nSPS) is 13.1. The van der Waals surface area contributed by atoms with E-state index in [1.54, 1.807) is 6.92 Å². The molecule has 0 unspecified atom stereocenters. The number of carbonyl (C=O) groups is 2. The summed E-state index contributed by atoms with van der Waals surface area (Å²) in [4.78, 5) is 33.5. The molecule has 2 amide bonds. The lowest BCUT2D eigenvalue weighted by Crippen LogP contribution is -2.25. The zero-order chi connectivity index (χ0) is 26.6. The maximum Gasteiger partial charge on any atom is 0.272 e. The molecule has 6 rings (SSSR count). The standard InChI is InChI=1S/C28H26N8O2/c1-14(2)27(37)32-17-7-4-15(5-8-17)24-21(22-25(29)30-13-31-26(22)36(24)3)16-6-11-19-20(12-16)34-35-23(19)28(38)33-18-9-10-18/h4-8,11-13,18H,1,9-10H2,2-3H3,(H,32,37)(H,33,38)(H,34,35)(H2,29,30,31). The summed E-state index contributed by atoms with van der Waals surface area (Å²) < 4.78 is 1.98. The molecule has 10 nitrogen and oxygen atoms in total. The van der Waals surface area contributed by atoms with Crippen LogP contribution >= 0.6 is 0 Å². The molecule has 0 bridgehead atoms. The maximum absolute atomic E-state index is 12.7. The van der Waals surface area contributed by atoms with Gasteiger partial charge in [-0.3, -0.25) is 14.7 Å². The van der Waals surface area contributed by atoms with Gasteiger partial charge in [-0.05, 0) is 55.2 Å². The van der Waals surface area contributed by atoms with E-state index in [9.17, 15) is 9.59 Å². The van der Waals surface area contributed by atoms with Gasteiger partial charge in [0.15, 0.2) is 5.69 Å². The fourth-order valence-electron chi connectivity index (χ4n) is 4.67. The highest BCUT2D eigenvalue weighted by Crippen LogP contribution is 2.42. The summed E-state index contributed by atoms with van der Waals surface area (Å²) in [6, 6.07) is 13.6. The van der Waals surface area contributed by atoms with Crippen LogP contribution in [-0.2, 0) is 11.8 Å². The van der Waals surface area contributed by atoms with E-state index in [0.29, 0.717) is 28.4 Å².